The van der Waals surface area contributed by atoms with Crippen molar-refractivity contribution >= 4 is 10.8 Å². The predicted octanol–water partition coefficient (Wildman–Crippen LogP) is 1.73. The Labute approximate surface area is 86.7 Å². The molecule has 0 aliphatic rings. The molecule has 0 bridgehead atoms. The fourth-order valence-electron chi connectivity index (χ4n) is 1.01. The molecule has 1 rings (SSSR count). The SMILES string of the molecule is C=C(CO)CCS(=O)c1ccccc1. The zero-order chi connectivity index (χ0) is 10.4. The Morgan fingerprint density at radius 1 is 1.36 bits per heavy atom. The molecule has 0 aliphatic carbocycles. The van der Waals surface area contributed by atoms with Crippen LogP contribution in [0.2, 0.25) is 0 Å². The molecule has 0 saturated heterocycles. The second kappa shape index (κ2) is 5.73. The lowest BCUT2D eigenvalue weighted by Gasteiger charge is -2.02. The van der Waals surface area contributed by atoms with Gasteiger partial charge in [0.1, 0.15) is 0 Å². The van der Waals surface area contributed by atoms with E-state index >= 15 is 0 Å². The maximum absolute atomic E-state index is 11.7. The Kier molecular flexibility index (Phi) is 4.56. The van der Waals surface area contributed by atoms with Crippen LogP contribution in [-0.2, 0) is 10.8 Å². The molecular weight excluding hydrogens is 196 g/mol. The lowest BCUT2D eigenvalue weighted by atomic mass is 10.2. The summed E-state index contributed by atoms with van der Waals surface area (Å²) >= 11 is 0. The summed E-state index contributed by atoms with van der Waals surface area (Å²) in [6.45, 7) is 3.63. The van der Waals surface area contributed by atoms with Crippen LogP contribution < -0.4 is 0 Å². The van der Waals surface area contributed by atoms with E-state index in [4.69, 9.17) is 5.11 Å². The van der Waals surface area contributed by atoms with E-state index in [0.717, 1.165) is 10.5 Å². The van der Waals surface area contributed by atoms with Crippen molar-refractivity contribution in [3.8, 4) is 0 Å². The zero-order valence-corrected chi connectivity index (χ0v) is 8.80. The normalized spacial score (nSPS) is 12.4. The van der Waals surface area contributed by atoms with Gasteiger partial charge in [-0.1, -0.05) is 30.4 Å². The van der Waals surface area contributed by atoms with Crippen LogP contribution in [0, 0.1) is 0 Å². The van der Waals surface area contributed by atoms with E-state index in [1.165, 1.54) is 0 Å². The maximum atomic E-state index is 11.7. The minimum Gasteiger partial charge on any atom is -0.392 e. The molecule has 3 heteroatoms. The van der Waals surface area contributed by atoms with Gasteiger partial charge in [-0.25, -0.2) is 0 Å². The highest BCUT2D eigenvalue weighted by Gasteiger charge is 2.03. The summed E-state index contributed by atoms with van der Waals surface area (Å²) in [4.78, 5) is 0.832. The summed E-state index contributed by atoms with van der Waals surface area (Å²) in [5, 5.41) is 8.72. The van der Waals surface area contributed by atoms with E-state index < -0.39 is 10.8 Å². The summed E-state index contributed by atoms with van der Waals surface area (Å²) in [5.41, 5.74) is 0.731. The van der Waals surface area contributed by atoms with Gasteiger partial charge in [-0.2, -0.15) is 0 Å². The summed E-state index contributed by atoms with van der Waals surface area (Å²) < 4.78 is 11.7. The van der Waals surface area contributed by atoms with Gasteiger partial charge in [-0.05, 0) is 18.6 Å². The van der Waals surface area contributed by atoms with Crippen molar-refractivity contribution in [3.63, 3.8) is 0 Å². The maximum Gasteiger partial charge on any atom is 0.0639 e. The monoisotopic (exact) mass is 210 g/mol. The van der Waals surface area contributed by atoms with E-state index in [0.29, 0.717) is 12.2 Å². The van der Waals surface area contributed by atoms with E-state index in [1.807, 2.05) is 30.3 Å². The molecule has 1 aromatic carbocycles. The fraction of sp³-hybridized carbons (Fsp3) is 0.273. The number of benzene rings is 1. The highest BCUT2D eigenvalue weighted by molar-refractivity contribution is 7.85. The molecule has 2 nitrogen and oxygen atoms in total. The van der Waals surface area contributed by atoms with Crippen LogP contribution in [0.5, 0.6) is 0 Å². The zero-order valence-electron chi connectivity index (χ0n) is 7.98. The molecule has 0 heterocycles. The average molecular weight is 210 g/mol. The van der Waals surface area contributed by atoms with Gasteiger partial charge in [0, 0.05) is 10.6 Å². The van der Waals surface area contributed by atoms with Gasteiger partial charge in [0.2, 0.25) is 0 Å². The smallest absolute Gasteiger partial charge is 0.0639 e. The minimum atomic E-state index is -0.978. The Morgan fingerprint density at radius 3 is 2.57 bits per heavy atom. The van der Waals surface area contributed by atoms with Gasteiger partial charge in [0.05, 0.1) is 17.4 Å². The van der Waals surface area contributed by atoms with Crippen LogP contribution in [0.1, 0.15) is 6.42 Å². The number of rotatable bonds is 5. The minimum absolute atomic E-state index is 0.0218. The molecule has 1 aromatic rings. The molecule has 0 amide bonds. The second-order valence-corrected chi connectivity index (χ2v) is 4.59. The van der Waals surface area contributed by atoms with Gasteiger partial charge in [0.15, 0.2) is 0 Å². The van der Waals surface area contributed by atoms with Gasteiger partial charge in [-0.3, -0.25) is 4.21 Å². The van der Waals surface area contributed by atoms with Crippen LogP contribution >= 0.6 is 0 Å². The molecule has 1 N–H and O–H groups in total. The quantitative estimate of drug-likeness (QED) is 0.751. The van der Waals surface area contributed by atoms with Crippen molar-refractivity contribution in [1.29, 1.82) is 0 Å². The highest BCUT2D eigenvalue weighted by atomic mass is 32.2. The Morgan fingerprint density at radius 2 is 2.00 bits per heavy atom. The van der Waals surface area contributed by atoms with E-state index in [1.54, 1.807) is 0 Å². The number of hydrogen-bond donors (Lipinski definition) is 1. The topological polar surface area (TPSA) is 37.3 Å². The second-order valence-electron chi connectivity index (χ2n) is 3.02. The fourth-order valence-corrected chi connectivity index (χ4v) is 2.18. The van der Waals surface area contributed by atoms with Crippen LogP contribution in [0.25, 0.3) is 0 Å². The highest BCUT2D eigenvalue weighted by Crippen LogP contribution is 2.08. The molecule has 0 aromatic heterocycles. The van der Waals surface area contributed by atoms with Crippen molar-refractivity contribution in [3.05, 3.63) is 42.5 Å². The van der Waals surface area contributed by atoms with E-state index in [2.05, 4.69) is 6.58 Å². The first-order valence-corrected chi connectivity index (χ1v) is 5.77. The molecule has 14 heavy (non-hydrogen) atoms. The van der Waals surface area contributed by atoms with Gasteiger partial charge in [0.25, 0.3) is 0 Å². The van der Waals surface area contributed by atoms with Crippen LogP contribution in [0.15, 0.2) is 47.4 Å². The summed E-state index contributed by atoms with van der Waals surface area (Å²) in [5.74, 6) is 0.531. The number of aliphatic hydroxyl groups is 1. The molecule has 0 fully saturated rings. The summed E-state index contributed by atoms with van der Waals surface area (Å²) in [6, 6.07) is 9.32. The number of hydrogen-bond acceptors (Lipinski definition) is 2. The first-order valence-electron chi connectivity index (χ1n) is 4.45. The molecule has 0 spiro atoms. The predicted molar refractivity (Wildman–Crippen MR) is 58.6 cm³/mol. The third-order valence-electron chi connectivity index (χ3n) is 1.87. The lowest BCUT2D eigenvalue weighted by Crippen LogP contribution is -2.00. The molecule has 1 atom stereocenters. The number of aliphatic hydroxyl groups excluding tert-OH is 1. The molecule has 1 unspecified atom stereocenters. The lowest BCUT2D eigenvalue weighted by molar-refractivity contribution is 0.328. The Hall–Kier alpha value is -0.930. The van der Waals surface area contributed by atoms with E-state index in [9.17, 15) is 4.21 Å². The molecular formula is C11H14O2S. The summed E-state index contributed by atoms with van der Waals surface area (Å²) in [6.07, 6.45) is 0.609. The van der Waals surface area contributed by atoms with Crippen LogP contribution in [0.3, 0.4) is 0 Å². The van der Waals surface area contributed by atoms with Crippen LogP contribution in [-0.4, -0.2) is 21.7 Å². The largest absolute Gasteiger partial charge is 0.392 e. The first kappa shape index (κ1) is 11.1. The Balaban J connectivity index is 2.48. The van der Waals surface area contributed by atoms with Gasteiger partial charge >= 0.3 is 0 Å². The molecule has 0 saturated carbocycles. The van der Waals surface area contributed by atoms with Crippen molar-refractivity contribution < 1.29 is 9.32 Å². The standard InChI is InChI=1S/C11H14O2S/c1-10(9-12)7-8-14(13)11-5-3-2-4-6-11/h2-6,12H,1,7-9H2. The molecule has 0 aliphatic heterocycles. The van der Waals surface area contributed by atoms with E-state index in [-0.39, 0.29) is 6.61 Å². The third kappa shape index (κ3) is 3.44. The van der Waals surface area contributed by atoms with Gasteiger partial charge < -0.3 is 5.11 Å². The molecule has 0 radical (unpaired) electrons. The van der Waals surface area contributed by atoms with Crippen molar-refractivity contribution in [2.75, 3.05) is 12.4 Å². The van der Waals surface area contributed by atoms with Gasteiger partial charge in [-0.15, -0.1) is 0 Å². The first-order chi connectivity index (χ1) is 6.74. The summed E-state index contributed by atoms with van der Waals surface area (Å²) in [7, 11) is -0.978. The third-order valence-corrected chi connectivity index (χ3v) is 3.24. The molecule has 76 valence electrons. The van der Waals surface area contributed by atoms with Crippen molar-refractivity contribution in [2.45, 2.75) is 11.3 Å². The van der Waals surface area contributed by atoms with Crippen molar-refractivity contribution in [1.82, 2.24) is 0 Å². The van der Waals surface area contributed by atoms with Crippen LogP contribution in [0.4, 0.5) is 0 Å². The van der Waals surface area contributed by atoms with Crippen molar-refractivity contribution in [2.24, 2.45) is 0 Å². The average Bonchev–Trinajstić information content (AvgIpc) is 2.26. The Bertz CT molecular complexity index is 319.